The molecule has 29 heavy (non-hydrogen) atoms. The molecule has 1 saturated heterocycles. The highest BCUT2D eigenvalue weighted by atomic mass is 32.2. The highest BCUT2D eigenvalue weighted by Gasteiger charge is 2.22. The van der Waals surface area contributed by atoms with E-state index in [-0.39, 0.29) is 16.4 Å². The van der Waals surface area contributed by atoms with Gasteiger partial charge in [-0.05, 0) is 49.6 Å². The zero-order valence-electron chi connectivity index (χ0n) is 16.6. The number of hydrogen-bond donors (Lipinski definition) is 1. The SMILES string of the molecule is CN(C)S(=O)(=O)c1cccc(C(=O)Nc2ccccc2C(=O)N2CCCCC2)c1. The van der Waals surface area contributed by atoms with Crippen molar-refractivity contribution in [3.63, 3.8) is 0 Å². The molecule has 8 heteroatoms. The molecule has 1 aliphatic rings. The molecule has 0 bridgehead atoms. The Morgan fingerprint density at radius 1 is 0.966 bits per heavy atom. The van der Waals surface area contributed by atoms with Crippen molar-refractivity contribution < 1.29 is 18.0 Å². The lowest BCUT2D eigenvalue weighted by Crippen LogP contribution is -2.36. The first-order valence-electron chi connectivity index (χ1n) is 9.53. The maximum Gasteiger partial charge on any atom is 0.255 e. The number of benzene rings is 2. The van der Waals surface area contributed by atoms with Gasteiger partial charge in [0.1, 0.15) is 0 Å². The first kappa shape index (κ1) is 21.0. The number of anilines is 1. The third-order valence-corrected chi connectivity index (χ3v) is 6.73. The van der Waals surface area contributed by atoms with Gasteiger partial charge in [-0.3, -0.25) is 9.59 Å². The molecule has 3 rings (SSSR count). The van der Waals surface area contributed by atoms with Crippen LogP contribution < -0.4 is 5.32 Å². The second-order valence-electron chi connectivity index (χ2n) is 7.17. The first-order valence-corrected chi connectivity index (χ1v) is 11.0. The van der Waals surface area contributed by atoms with E-state index in [0.717, 1.165) is 23.6 Å². The van der Waals surface area contributed by atoms with Crippen LogP contribution in [0.15, 0.2) is 53.4 Å². The number of hydrogen-bond acceptors (Lipinski definition) is 4. The molecule has 1 N–H and O–H groups in total. The number of nitrogens with zero attached hydrogens (tertiary/aromatic N) is 2. The lowest BCUT2D eigenvalue weighted by atomic mass is 10.1. The van der Waals surface area contributed by atoms with Crippen molar-refractivity contribution in [2.75, 3.05) is 32.5 Å². The van der Waals surface area contributed by atoms with Gasteiger partial charge in [0.2, 0.25) is 10.0 Å². The van der Waals surface area contributed by atoms with E-state index in [1.165, 1.54) is 32.3 Å². The van der Waals surface area contributed by atoms with Crippen LogP contribution in [0.25, 0.3) is 0 Å². The average molecular weight is 416 g/mol. The molecule has 1 aliphatic heterocycles. The molecule has 1 fully saturated rings. The van der Waals surface area contributed by atoms with Crippen LogP contribution in [0.5, 0.6) is 0 Å². The van der Waals surface area contributed by atoms with E-state index in [2.05, 4.69) is 5.32 Å². The average Bonchev–Trinajstić information content (AvgIpc) is 2.74. The highest BCUT2D eigenvalue weighted by Crippen LogP contribution is 2.22. The number of sulfonamides is 1. The fourth-order valence-electron chi connectivity index (χ4n) is 3.25. The zero-order valence-corrected chi connectivity index (χ0v) is 17.4. The third kappa shape index (κ3) is 4.65. The molecule has 0 aliphatic carbocycles. The fraction of sp³-hybridized carbons (Fsp3) is 0.333. The minimum atomic E-state index is -3.65. The van der Waals surface area contributed by atoms with Crippen LogP contribution in [0.2, 0.25) is 0 Å². The van der Waals surface area contributed by atoms with E-state index in [1.54, 1.807) is 35.2 Å². The van der Waals surface area contributed by atoms with Gasteiger partial charge in [-0.25, -0.2) is 12.7 Å². The minimum Gasteiger partial charge on any atom is -0.339 e. The van der Waals surface area contributed by atoms with Crippen molar-refractivity contribution >= 4 is 27.5 Å². The normalized spacial score (nSPS) is 14.7. The lowest BCUT2D eigenvalue weighted by Gasteiger charge is -2.27. The zero-order chi connectivity index (χ0) is 21.0. The quantitative estimate of drug-likeness (QED) is 0.814. The fourth-order valence-corrected chi connectivity index (χ4v) is 4.20. The summed E-state index contributed by atoms with van der Waals surface area (Å²) in [5.74, 6) is -0.579. The molecule has 7 nitrogen and oxygen atoms in total. The van der Waals surface area contributed by atoms with Crippen molar-refractivity contribution in [3.8, 4) is 0 Å². The summed E-state index contributed by atoms with van der Waals surface area (Å²) in [6.07, 6.45) is 3.08. The van der Waals surface area contributed by atoms with Crippen molar-refractivity contribution in [3.05, 3.63) is 59.7 Å². The molecule has 2 aromatic rings. The topological polar surface area (TPSA) is 86.8 Å². The monoisotopic (exact) mass is 415 g/mol. The van der Waals surface area contributed by atoms with Crippen molar-refractivity contribution in [1.29, 1.82) is 0 Å². The molecule has 154 valence electrons. The summed E-state index contributed by atoms with van der Waals surface area (Å²) >= 11 is 0. The Labute approximate surface area is 171 Å². The summed E-state index contributed by atoms with van der Waals surface area (Å²) in [6.45, 7) is 1.43. The van der Waals surface area contributed by atoms with Crippen LogP contribution in [-0.2, 0) is 10.0 Å². The maximum atomic E-state index is 12.9. The Balaban J connectivity index is 1.84. The molecule has 0 radical (unpaired) electrons. The van der Waals surface area contributed by atoms with Crippen LogP contribution in [0.4, 0.5) is 5.69 Å². The Morgan fingerprint density at radius 3 is 2.34 bits per heavy atom. The Bertz CT molecular complexity index is 1010. The molecule has 0 atom stereocenters. The van der Waals surface area contributed by atoms with Gasteiger partial charge in [0.15, 0.2) is 0 Å². The van der Waals surface area contributed by atoms with Crippen LogP contribution >= 0.6 is 0 Å². The van der Waals surface area contributed by atoms with E-state index in [0.29, 0.717) is 24.3 Å². The van der Waals surface area contributed by atoms with Gasteiger partial charge in [-0.2, -0.15) is 0 Å². The predicted octanol–water partition coefficient (Wildman–Crippen LogP) is 2.82. The van der Waals surface area contributed by atoms with Gasteiger partial charge in [-0.1, -0.05) is 18.2 Å². The molecule has 0 unspecified atom stereocenters. The molecular weight excluding hydrogens is 390 g/mol. The predicted molar refractivity (Wildman–Crippen MR) is 111 cm³/mol. The van der Waals surface area contributed by atoms with Gasteiger partial charge in [0, 0.05) is 32.7 Å². The van der Waals surface area contributed by atoms with Crippen LogP contribution in [0.3, 0.4) is 0 Å². The molecule has 0 spiro atoms. The number of carbonyl (C=O) groups excluding carboxylic acids is 2. The van der Waals surface area contributed by atoms with Gasteiger partial charge >= 0.3 is 0 Å². The minimum absolute atomic E-state index is 0.0350. The lowest BCUT2D eigenvalue weighted by molar-refractivity contribution is 0.0725. The molecule has 2 aromatic carbocycles. The Morgan fingerprint density at radius 2 is 1.66 bits per heavy atom. The molecule has 0 aromatic heterocycles. The second-order valence-corrected chi connectivity index (χ2v) is 9.32. The number of rotatable bonds is 5. The van der Waals surface area contributed by atoms with Crippen LogP contribution in [0.1, 0.15) is 40.0 Å². The van der Waals surface area contributed by atoms with Crippen molar-refractivity contribution in [2.24, 2.45) is 0 Å². The van der Waals surface area contributed by atoms with Crippen LogP contribution in [0, 0.1) is 0 Å². The molecular formula is C21H25N3O4S. The summed E-state index contributed by atoms with van der Waals surface area (Å²) < 4.78 is 25.7. The third-order valence-electron chi connectivity index (χ3n) is 4.92. The van der Waals surface area contributed by atoms with E-state index >= 15 is 0 Å². The summed E-state index contributed by atoms with van der Waals surface area (Å²) in [7, 11) is -0.779. The van der Waals surface area contributed by atoms with Gasteiger partial charge in [-0.15, -0.1) is 0 Å². The number of nitrogens with one attached hydrogen (secondary N) is 1. The largest absolute Gasteiger partial charge is 0.339 e. The van der Waals surface area contributed by atoms with Gasteiger partial charge < -0.3 is 10.2 Å². The molecule has 1 heterocycles. The highest BCUT2D eigenvalue weighted by molar-refractivity contribution is 7.89. The number of piperidine rings is 1. The second kappa shape index (κ2) is 8.75. The van der Waals surface area contributed by atoms with E-state index in [4.69, 9.17) is 0 Å². The van der Waals surface area contributed by atoms with Gasteiger partial charge in [0.25, 0.3) is 11.8 Å². The standard InChI is InChI=1S/C21H25N3O4S/c1-23(2)29(27,28)17-10-8-9-16(15-17)20(25)22-19-12-5-4-11-18(19)21(26)24-13-6-3-7-14-24/h4-5,8-12,15H,3,6-7,13-14H2,1-2H3,(H,22,25). The number of para-hydroxylation sites is 1. The number of likely N-dealkylation sites (tertiary alicyclic amines) is 1. The van der Waals surface area contributed by atoms with Gasteiger partial charge in [0.05, 0.1) is 16.1 Å². The molecule has 0 saturated carbocycles. The van der Waals surface area contributed by atoms with Crippen molar-refractivity contribution in [2.45, 2.75) is 24.2 Å². The number of amides is 2. The first-order chi connectivity index (χ1) is 13.8. The summed E-state index contributed by atoms with van der Waals surface area (Å²) in [6, 6.07) is 12.7. The van der Waals surface area contributed by atoms with Crippen LogP contribution in [-0.4, -0.2) is 56.6 Å². The Kier molecular flexibility index (Phi) is 6.34. The van der Waals surface area contributed by atoms with Crippen molar-refractivity contribution in [1.82, 2.24) is 9.21 Å². The summed E-state index contributed by atoms with van der Waals surface area (Å²) in [5, 5.41) is 2.76. The summed E-state index contributed by atoms with van der Waals surface area (Å²) in [4.78, 5) is 27.5. The van der Waals surface area contributed by atoms with E-state index in [9.17, 15) is 18.0 Å². The summed E-state index contributed by atoms with van der Waals surface area (Å²) in [5.41, 5.74) is 1.04. The molecule has 2 amide bonds. The maximum absolute atomic E-state index is 12.9. The smallest absolute Gasteiger partial charge is 0.255 e. The number of carbonyl (C=O) groups is 2. The Hall–Kier alpha value is -2.71. The van der Waals surface area contributed by atoms with E-state index < -0.39 is 15.9 Å². The van der Waals surface area contributed by atoms with E-state index in [1.807, 2.05) is 0 Å².